The summed E-state index contributed by atoms with van der Waals surface area (Å²) in [7, 11) is -2.00. The summed E-state index contributed by atoms with van der Waals surface area (Å²) >= 11 is 3.36. The molecule has 33 heavy (non-hydrogen) atoms. The van der Waals surface area contributed by atoms with Crippen LogP contribution in [0.2, 0.25) is 0 Å². The molecule has 0 aromatic heterocycles. The van der Waals surface area contributed by atoms with Crippen LogP contribution in [0.4, 0.5) is 11.4 Å². The van der Waals surface area contributed by atoms with Gasteiger partial charge in [-0.05, 0) is 64.5 Å². The predicted molar refractivity (Wildman–Crippen MR) is 133 cm³/mol. The lowest BCUT2D eigenvalue weighted by molar-refractivity contribution is 0.102. The van der Waals surface area contributed by atoms with Crippen molar-refractivity contribution in [1.82, 2.24) is 4.31 Å². The summed E-state index contributed by atoms with van der Waals surface area (Å²) in [6.07, 6.45) is 0. The molecule has 9 heteroatoms. The smallest absolute Gasteiger partial charge is 0.256 e. The first-order valence-electron chi connectivity index (χ1n) is 10.4. The van der Waals surface area contributed by atoms with Gasteiger partial charge in [0.15, 0.2) is 0 Å². The van der Waals surface area contributed by atoms with E-state index in [1.54, 1.807) is 37.4 Å². The van der Waals surface area contributed by atoms with E-state index in [-0.39, 0.29) is 10.8 Å². The fourth-order valence-corrected chi connectivity index (χ4v) is 5.65. The molecule has 1 fully saturated rings. The minimum absolute atomic E-state index is 0.201. The van der Waals surface area contributed by atoms with E-state index >= 15 is 0 Å². The Balaban J connectivity index is 1.42. The van der Waals surface area contributed by atoms with Crippen LogP contribution in [-0.2, 0) is 10.0 Å². The number of benzene rings is 3. The molecule has 3 aromatic carbocycles. The Kier molecular flexibility index (Phi) is 7.02. The molecule has 1 aliphatic heterocycles. The number of methoxy groups -OCH3 is 1. The second kappa shape index (κ2) is 9.94. The van der Waals surface area contributed by atoms with Crippen LogP contribution in [0.3, 0.4) is 0 Å². The molecular formula is C24H24BrN3O4S. The topological polar surface area (TPSA) is 79.0 Å². The van der Waals surface area contributed by atoms with Crippen molar-refractivity contribution in [2.75, 3.05) is 43.5 Å². The molecule has 0 aliphatic carbocycles. The number of ether oxygens (including phenoxy) is 1. The molecular weight excluding hydrogens is 506 g/mol. The average Bonchev–Trinajstić information content (AvgIpc) is 2.84. The Labute approximate surface area is 202 Å². The number of piperazine rings is 1. The lowest BCUT2D eigenvalue weighted by atomic mass is 10.2. The minimum atomic E-state index is -3.63. The first kappa shape index (κ1) is 23.3. The standard InChI is InChI=1S/C24H24BrN3O4S/c1-32-23-9-5-4-8-22(23)27-14-16-28(17-15-27)33(30,31)19-12-10-18(11-13-19)26-24(29)20-6-2-3-7-21(20)25/h2-13H,14-17H2,1H3,(H,26,29). The average molecular weight is 530 g/mol. The van der Waals surface area contributed by atoms with Gasteiger partial charge in [-0.3, -0.25) is 4.79 Å². The third kappa shape index (κ3) is 5.05. The number of rotatable bonds is 6. The van der Waals surface area contributed by atoms with Crippen molar-refractivity contribution in [2.24, 2.45) is 0 Å². The van der Waals surface area contributed by atoms with Crippen LogP contribution in [0.1, 0.15) is 10.4 Å². The third-order valence-electron chi connectivity index (χ3n) is 5.53. The van der Waals surface area contributed by atoms with Crippen molar-refractivity contribution in [1.29, 1.82) is 0 Å². The van der Waals surface area contributed by atoms with Crippen LogP contribution in [-0.4, -0.2) is 51.9 Å². The van der Waals surface area contributed by atoms with Crippen molar-refractivity contribution >= 4 is 43.2 Å². The highest BCUT2D eigenvalue weighted by Crippen LogP contribution is 2.29. The quantitative estimate of drug-likeness (QED) is 0.517. The lowest BCUT2D eigenvalue weighted by Crippen LogP contribution is -2.48. The number of anilines is 2. The Morgan fingerprint density at radius 3 is 2.21 bits per heavy atom. The van der Waals surface area contributed by atoms with Gasteiger partial charge in [0.2, 0.25) is 10.0 Å². The summed E-state index contributed by atoms with van der Waals surface area (Å²) in [5.41, 5.74) is 1.99. The molecule has 0 saturated carbocycles. The molecule has 1 saturated heterocycles. The highest BCUT2D eigenvalue weighted by atomic mass is 79.9. The SMILES string of the molecule is COc1ccccc1N1CCN(S(=O)(=O)c2ccc(NC(=O)c3ccccc3Br)cc2)CC1. The maximum atomic E-state index is 13.1. The zero-order chi connectivity index (χ0) is 23.4. The fraction of sp³-hybridized carbons (Fsp3) is 0.208. The van der Waals surface area contributed by atoms with E-state index in [0.717, 1.165) is 11.4 Å². The largest absolute Gasteiger partial charge is 0.495 e. The zero-order valence-corrected chi connectivity index (χ0v) is 20.5. The van der Waals surface area contributed by atoms with Crippen molar-refractivity contribution in [3.8, 4) is 5.75 Å². The highest BCUT2D eigenvalue weighted by Gasteiger charge is 2.29. The van der Waals surface area contributed by atoms with Gasteiger partial charge in [-0.15, -0.1) is 0 Å². The summed E-state index contributed by atoms with van der Waals surface area (Å²) in [5.74, 6) is 0.500. The van der Waals surface area contributed by atoms with Gasteiger partial charge in [-0.25, -0.2) is 8.42 Å². The first-order chi connectivity index (χ1) is 15.9. The van der Waals surface area contributed by atoms with E-state index in [4.69, 9.17) is 4.74 Å². The Morgan fingerprint density at radius 2 is 1.55 bits per heavy atom. The van der Waals surface area contributed by atoms with E-state index in [1.807, 2.05) is 30.3 Å². The number of amides is 1. The van der Waals surface area contributed by atoms with E-state index < -0.39 is 10.0 Å². The van der Waals surface area contributed by atoms with Crippen LogP contribution in [0, 0.1) is 0 Å². The number of sulfonamides is 1. The monoisotopic (exact) mass is 529 g/mol. The molecule has 0 bridgehead atoms. The number of carbonyl (C=O) groups is 1. The van der Waals surface area contributed by atoms with Gasteiger partial charge in [0, 0.05) is 36.3 Å². The summed E-state index contributed by atoms with van der Waals surface area (Å²) in [6, 6.07) is 21.1. The van der Waals surface area contributed by atoms with E-state index in [9.17, 15) is 13.2 Å². The van der Waals surface area contributed by atoms with E-state index in [2.05, 4.69) is 26.1 Å². The molecule has 1 amide bonds. The number of hydrogen-bond donors (Lipinski definition) is 1. The number of nitrogens with one attached hydrogen (secondary N) is 1. The molecule has 0 spiro atoms. The third-order valence-corrected chi connectivity index (χ3v) is 8.14. The Hall–Kier alpha value is -2.88. The number of para-hydroxylation sites is 2. The van der Waals surface area contributed by atoms with Crippen LogP contribution >= 0.6 is 15.9 Å². The van der Waals surface area contributed by atoms with Crippen LogP contribution in [0.5, 0.6) is 5.75 Å². The Bertz CT molecular complexity index is 1240. The van der Waals surface area contributed by atoms with Gasteiger partial charge < -0.3 is 15.0 Å². The molecule has 1 aliphatic rings. The van der Waals surface area contributed by atoms with Crippen LogP contribution in [0.15, 0.2) is 82.2 Å². The number of nitrogens with zero attached hydrogens (tertiary/aromatic N) is 2. The maximum Gasteiger partial charge on any atom is 0.256 e. The minimum Gasteiger partial charge on any atom is -0.495 e. The maximum absolute atomic E-state index is 13.1. The number of halogens is 1. The van der Waals surface area contributed by atoms with Gasteiger partial charge in [-0.1, -0.05) is 24.3 Å². The highest BCUT2D eigenvalue weighted by molar-refractivity contribution is 9.10. The molecule has 3 aromatic rings. The molecule has 0 unspecified atom stereocenters. The molecule has 1 N–H and O–H groups in total. The molecule has 0 atom stereocenters. The van der Waals surface area contributed by atoms with E-state index in [0.29, 0.717) is 41.9 Å². The van der Waals surface area contributed by atoms with Gasteiger partial charge >= 0.3 is 0 Å². The van der Waals surface area contributed by atoms with Crippen LogP contribution < -0.4 is 15.0 Å². The number of hydrogen-bond acceptors (Lipinski definition) is 5. The van der Waals surface area contributed by atoms with Gasteiger partial charge in [0.1, 0.15) is 5.75 Å². The van der Waals surface area contributed by atoms with Crippen molar-refractivity contribution in [3.63, 3.8) is 0 Å². The molecule has 1 heterocycles. The zero-order valence-electron chi connectivity index (χ0n) is 18.1. The van der Waals surface area contributed by atoms with Gasteiger partial charge in [-0.2, -0.15) is 4.31 Å². The molecule has 4 rings (SSSR count). The first-order valence-corrected chi connectivity index (χ1v) is 12.7. The fourth-order valence-electron chi connectivity index (χ4n) is 3.76. The van der Waals surface area contributed by atoms with Gasteiger partial charge in [0.25, 0.3) is 5.91 Å². The second-order valence-electron chi connectivity index (χ2n) is 7.52. The predicted octanol–water partition coefficient (Wildman–Crippen LogP) is 4.22. The number of carbonyl (C=O) groups excluding carboxylic acids is 1. The summed E-state index contributed by atoms with van der Waals surface area (Å²) in [4.78, 5) is 14.8. The van der Waals surface area contributed by atoms with Crippen LogP contribution in [0.25, 0.3) is 0 Å². The van der Waals surface area contributed by atoms with Crippen molar-refractivity contribution in [3.05, 3.63) is 82.8 Å². The van der Waals surface area contributed by atoms with Gasteiger partial charge in [0.05, 0.1) is 23.3 Å². The van der Waals surface area contributed by atoms with Crippen molar-refractivity contribution < 1.29 is 17.9 Å². The molecule has 0 radical (unpaired) electrons. The lowest BCUT2D eigenvalue weighted by Gasteiger charge is -2.35. The van der Waals surface area contributed by atoms with E-state index in [1.165, 1.54) is 16.4 Å². The Morgan fingerprint density at radius 1 is 0.909 bits per heavy atom. The van der Waals surface area contributed by atoms with Crippen molar-refractivity contribution in [2.45, 2.75) is 4.90 Å². The second-order valence-corrected chi connectivity index (χ2v) is 10.3. The summed E-state index contributed by atoms with van der Waals surface area (Å²) in [5, 5.41) is 2.80. The summed E-state index contributed by atoms with van der Waals surface area (Å²) in [6.45, 7) is 1.89. The molecule has 7 nitrogen and oxygen atoms in total. The molecule has 172 valence electrons. The summed E-state index contributed by atoms with van der Waals surface area (Å²) < 4.78 is 33.9. The normalized spacial score (nSPS) is 14.7.